The first kappa shape index (κ1) is 16.6. The lowest BCUT2D eigenvalue weighted by Gasteiger charge is -2.08. The first-order valence-electron chi connectivity index (χ1n) is 8.23. The van der Waals surface area contributed by atoms with Crippen molar-refractivity contribution in [1.29, 1.82) is 0 Å². The summed E-state index contributed by atoms with van der Waals surface area (Å²) in [6.07, 6.45) is 4.68. The van der Waals surface area contributed by atoms with Crippen molar-refractivity contribution >= 4 is 23.2 Å². The third kappa shape index (κ3) is 4.19. The van der Waals surface area contributed by atoms with E-state index < -0.39 is 0 Å². The molecule has 24 heavy (non-hydrogen) atoms. The summed E-state index contributed by atoms with van der Waals surface area (Å²) >= 11 is 1.38. The molecular formula is C16H21N5O2S. The molecule has 0 atom stereocenters. The minimum absolute atomic E-state index is 0.104. The van der Waals surface area contributed by atoms with Gasteiger partial charge in [0.2, 0.25) is 5.91 Å². The quantitative estimate of drug-likeness (QED) is 0.829. The molecule has 0 fully saturated rings. The number of thiophene rings is 1. The third-order valence-corrected chi connectivity index (χ3v) is 4.88. The van der Waals surface area contributed by atoms with E-state index in [1.54, 1.807) is 6.07 Å². The highest BCUT2D eigenvalue weighted by Gasteiger charge is 2.15. The smallest absolute Gasteiger partial charge is 0.261 e. The standard InChI is InChI=1S/C16H21N5O2S/c22-15(7-8-17-16(23)12-5-4-10-24-12)18-11-14-20-19-13-6-2-1-3-9-21(13)14/h4-5,10H,1-3,6-9,11H2,(H,17,23)(H,18,22). The highest BCUT2D eigenvalue weighted by Crippen LogP contribution is 2.14. The number of rotatable bonds is 6. The van der Waals surface area contributed by atoms with Crippen molar-refractivity contribution in [3.05, 3.63) is 34.0 Å². The molecule has 0 spiro atoms. The summed E-state index contributed by atoms with van der Waals surface area (Å²) in [4.78, 5) is 24.4. The van der Waals surface area contributed by atoms with Gasteiger partial charge in [0.25, 0.3) is 5.91 Å². The van der Waals surface area contributed by atoms with Gasteiger partial charge in [0.05, 0.1) is 11.4 Å². The lowest BCUT2D eigenvalue weighted by Crippen LogP contribution is -2.30. The zero-order chi connectivity index (χ0) is 16.8. The zero-order valence-corrected chi connectivity index (χ0v) is 14.3. The van der Waals surface area contributed by atoms with Gasteiger partial charge in [-0.1, -0.05) is 12.5 Å². The molecule has 2 N–H and O–H groups in total. The van der Waals surface area contributed by atoms with Crippen LogP contribution in [-0.2, 0) is 24.3 Å². The zero-order valence-electron chi connectivity index (χ0n) is 13.5. The average Bonchev–Trinajstić information content (AvgIpc) is 3.18. The molecule has 1 aliphatic rings. The Morgan fingerprint density at radius 2 is 2.12 bits per heavy atom. The highest BCUT2D eigenvalue weighted by molar-refractivity contribution is 7.12. The Morgan fingerprint density at radius 3 is 2.96 bits per heavy atom. The molecule has 2 amide bonds. The van der Waals surface area contributed by atoms with E-state index in [1.165, 1.54) is 17.8 Å². The van der Waals surface area contributed by atoms with Crippen molar-refractivity contribution < 1.29 is 9.59 Å². The lowest BCUT2D eigenvalue weighted by molar-refractivity contribution is -0.121. The fourth-order valence-corrected chi connectivity index (χ4v) is 3.37. The van der Waals surface area contributed by atoms with Crippen molar-refractivity contribution in [3.8, 4) is 0 Å². The summed E-state index contributed by atoms with van der Waals surface area (Å²) in [7, 11) is 0. The van der Waals surface area contributed by atoms with Crippen LogP contribution in [-0.4, -0.2) is 33.1 Å². The number of nitrogens with zero attached hydrogens (tertiary/aromatic N) is 3. The number of hydrogen-bond donors (Lipinski definition) is 2. The first-order chi connectivity index (χ1) is 11.7. The van der Waals surface area contributed by atoms with E-state index in [1.807, 2.05) is 11.4 Å². The molecule has 3 rings (SSSR count). The van der Waals surface area contributed by atoms with Gasteiger partial charge in [-0.05, 0) is 24.3 Å². The molecular weight excluding hydrogens is 326 g/mol. The average molecular weight is 347 g/mol. The molecule has 2 aromatic heterocycles. The van der Waals surface area contributed by atoms with Gasteiger partial charge >= 0.3 is 0 Å². The van der Waals surface area contributed by atoms with Crippen LogP contribution < -0.4 is 10.6 Å². The van der Waals surface area contributed by atoms with Gasteiger partial charge in [-0.25, -0.2) is 0 Å². The molecule has 0 bridgehead atoms. The summed E-state index contributed by atoms with van der Waals surface area (Å²) in [6.45, 7) is 1.62. The maximum Gasteiger partial charge on any atom is 0.261 e. The second-order valence-corrected chi connectivity index (χ2v) is 6.70. The van der Waals surface area contributed by atoms with Gasteiger partial charge in [0.1, 0.15) is 5.82 Å². The molecule has 3 heterocycles. The number of amides is 2. The molecule has 0 aliphatic carbocycles. The van der Waals surface area contributed by atoms with Crippen molar-refractivity contribution in [3.63, 3.8) is 0 Å². The Balaban J connectivity index is 1.41. The van der Waals surface area contributed by atoms with E-state index in [4.69, 9.17) is 0 Å². The maximum absolute atomic E-state index is 11.9. The Kier molecular flexibility index (Phi) is 5.58. The summed E-state index contributed by atoms with van der Waals surface area (Å²) in [6, 6.07) is 3.59. The Morgan fingerprint density at radius 1 is 1.21 bits per heavy atom. The minimum atomic E-state index is -0.138. The topological polar surface area (TPSA) is 88.9 Å². The van der Waals surface area contributed by atoms with Crippen LogP contribution in [0.15, 0.2) is 17.5 Å². The molecule has 128 valence electrons. The SMILES string of the molecule is O=C(CCNC(=O)c1cccs1)NCc1nnc2n1CCCCC2. The summed E-state index contributed by atoms with van der Waals surface area (Å²) in [5.41, 5.74) is 0. The number of aromatic nitrogens is 3. The number of aryl methyl sites for hydroxylation is 1. The minimum Gasteiger partial charge on any atom is -0.351 e. The Bertz CT molecular complexity index is 695. The molecule has 0 aromatic carbocycles. The highest BCUT2D eigenvalue weighted by atomic mass is 32.1. The fraction of sp³-hybridized carbons (Fsp3) is 0.500. The van der Waals surface area contributed by atoms with E-state index in [9.17, 15) is 9.59 Å². The van der Waals surface area contributed by atoms with Crippen molar-refractivity contribution in [2.24, 2.45) is 0 Å². The van der Waals surface area contributed by atoms with Gasteiger partial charge in [0.15, 0.2) is 5.82 Å². The predicted octanol–water partition coefficient (Wildman–Crippen LogP) is 1.50. The van der Waals surface area contributed by atoms with E-state index in [-0.39, 0.29) is 18.2 Å². The largest absolute Gasteiger partial charge is 0.351 e. The third-order valence-electron chi connectivity index (χ3n) is 4.01. The van der Waals surface area contributed by atoms with Gasteiger partial charge < -0.3 is 15.2 Å². The number of carbonyl (C=O) groups excluding carboxylic acids is 2. The van der Waals surface area contributed by atoms with E-state index >= 15 is 0 Å². The van der Waals surface area contributed by atoms with E-state index in [0.717, 1.165) is 37.5 Å². The van der Waals surface area contributed by atoms with Crippen LogP contribution in [0.3, 0.4) is 0 Å². The van der Waals surface area contributed by atoms with Crippen LogP contribution in [0.2, 0.25) is 0 Å². The van der Waals surface area contributed by atoms with Crippen LogP contribution in [0.1, 0.15) is 47.0 Å². The van der Waals surface area contributed by atoms with Gasteiger partial charge in [-0.2, -0.15) is 0 Å². The van der Waals surface area contributed by atoms with Crippen molar-refractivity contribution in [2.45, 2.75) is 45.2 Å². The molecule has 0 saturated heterocycles. The molecule has 0 radical (unpaired) electrons. The molecule has 2 aromatic rings. The molecule has 1 aliphatic heterocycles. The number of fused-ring (bicyclic) bond motifs is 1. The predicted molar refractivity (Wildman–Crippen MR) is 90.7 cm³/mol. The van der Waals surface area contributed by atoms with Gasteiger partial charge in [-0.3, -0.25) is 9.59 Å². The first-order valence-corrected chi connectivity index (χ1v) is 9.11. The summed E-state index contributed by atoms with van der Waals surface area (Å²) in [5, 5.41) is 15.8. The van der Waals surface area contributed by atoms with Crippen molar-refractivity contribution in [1.82, 2.24) is 25.4 Å². The lowest BCUT2D eigenvalue weighted by atomic mass is 10.2. The fourth-order valence-electron chi connectivity index (χ4n) is 2.73. The van der Waals surface area contributed by atoms with Crippen LogP contribution >= 0.6 is 11.3 Å². The van der Waals surface area contributed by atoms with E-state index in [0.29, 0.717) is 18.0 Å². The normalized spacial score (nSPS) is 13.8. The Hall–Kier alpha value is -2.22. The van der Waals surface area contributed by atoms with Crippen LogP contribution in [0.25, 0.3) is 0 Å². The number of nitrogens with one attached hydrogen (secondary N) is 2. The maximum atomic E-state index is 11.9. The van der Waals surface area contributed by atoms with Crippen LogP contribution in [0, 0.1) is 0 Å². The molecule has 8 heteroatoms. The second kappa shape index (κ2) is 8.05. The monoisotopic (exact) mass is 347 g/mol. The number of carbonyl (C=O) groups is 2. The Labute approximate surface area is 144 Å². The molecule has 0 unspecified atom stereocenters. The summed E-state index contributed by atoms with van der Waals surface area (Å²) in [5.74, 6) is 1.58. The van der Waals surface area contributed by atoms with Crippen LogP contribution in [0.4, 0.5) is 0 Å². The molecule has 0 saturated carbocycles. The van der Waals surface area contributed by atoms with Crippen LogP contribution in [0.5, 0.6) is 0 Å². The van der Waals surface area contributed by atoms with Gasteiger partial charge in [0, 0.05) is 25.9 Å². The second-order valence-electron chi connectivity index (χ2n) is 5.75. The van der Waals surface area contributed by atoms with Crippen molar-refractivity contribution in [2.75, 3.05) is 6.54 Å². The van der Waals surface area contributed by atoms with Gasteiger partial charge in [-0.15, -0.1) is 21.5 Å². The number of hydrogen-bond acceptors (Lipinski definition) is 5. The van der Waals surface area contributed by atoms with E-state index in [2.05, 4.69) is 25.4 Å². The summed E-state index contributed by atoms with van der Waals surface area (Å²) < 4.78 is 2.12. The molecule has 7 nitrogen and oxygen atoms in total.